The molecule has 0 radical (unpaired) electrons. The van der Waals surface area contributed by atoms with E-state index in [4.69, 9.17) is 9.84 Å². The molecule has 0 atom stereocenters. The van der Waals surface area contributed by atoms with Crippen LogP contribution >= 0.6 is 0 Å². The average molecular weight is 254 g/mol. The van der Waals surface area contributed by atoms with E-state index in [-0.39, 0.29) is 12.5 Å². The van der Waals surface area contributed by atoms with E-state index in [0.29, 0.717) is 11.6 Å². The summed E-state index contributed by atoms with van der Waals surface area (Å²) in [5.41, 5.74) is 0.690. The summed E-state index contributed by atoms with van der Waals surface area (Å²) in [5, 5.41) is 13.3. The van der Waals surface area contributed by atoms with Gasteiger partial charge in [0.25, 0.3) is 0 Å². The number of aliphatic carboxylic acids is 1. The number of ether oxygens (including phenoxy) is 1. The van der Waals surface area contributed by atoms with E-state index in [1.807, 2.05) is 0 Å². The highest BCUT2D eigenvalue weighted by Gasteiger charge is 2.06. The fraction of sp³-hybridized carbons (Fsp3) is 0.400. The maximum Gasteiger partial charge on any atom is 0.322 e. The number of aromatic nitrogens is 2. The predicted molar refractivity (Wildman–Crippen MR) is 62.5 cm³/mol. The monoisotopic (exact) mass is 254 g/mol. The van der Waals surface area contributed by atoms with Crippen LogP contribution in [0.15, 0.2) is 6.07 Å². The van der Waals surface area contributed by atoms with Crippen molar-refractivity contribution in [2.45, 2.75) is 6.92 Å². The Bertz CT molecular complexity index is 450. The molecule has 8 nitrogen and oxygen atoms in total. The Labute approximate surface area is 103 Å². The van der Waals surface area contributed by atoms with Crippen LogP contribution in [0.2, 0.25) is 0 Å². The highest BCUT2D eigenvalue weighted by Crippen LogP contribution is 2.10. The number of nitrogens with zero attached hydrogens (tertiary/aromatic N) is 2. The molecule has 0 saturated carbocycles. The third kappa shape index (κ3) is 4.64. The number of carbonyl (C=O) groups is 2. The molecule has 0 unspecified atom stereocenters. The van der Waals surface area contributed by atoms with Gasteiger partial charge in [-0.2, -0.15) is 4.98 Å². The number of rotatable bonds is 6. The lowest BCUT2D eigenvalue weighted by atomic mass is 10.4. The largest absolute Gasteiger partial charge is 0.481 e. The van der Waals surface area contributed by atoms with Crippen LogP contribution in [0.25, 0.3) is 0 Å². The predicted octanol–water partition coefficient (Wildman–Crippen LogP) is -0.594. The highest BCUT2D eigenvalue weighted by molar-refractivity contribution is 5.83. The first-order valence-electron chi connectivity index (χ1n) is 5.13. The van der Waals surface area contributed by atoms with Crippen molar-refractivity contribution in [1.82, 2.24) is 15.3 Å². The molecule has 1 aromatic heterocycles. The molecule has 0 aromatic carbocycles. The number of methoxy groups -OCH3 is 1. The second kappa shape index (κ2) is 6.38. The van der Waals surface area contributed by atoms with Crippen LogP contribution in [-0.4, -0.2) is 47.2 Å². The van der Waals surface area contributed by atoms with Crippen molar-refractivity contribution in [3.63, 3.8) is 0 Å². The number of anilines is 1. The van der Waals surface area contributed by atoms with Gasteiger partial charge in [0.2, 0.25) is 17.7 Å². The normalized spacial score (nSPS) is 9.67. The molecule has 98 valence electrons. The van der Waals surface area contributed by atoms with Crippen LogP contribution in [0.5, 0.6) is 5.88 Å². The number of aryl methyl sites for hydroxylation is 1. The van der Waals surface area contributed by atoms with Crippen LogP contribution < -0.4 is 15.4 Å². The van der Waals surface area contributed by atoms with Crippen molar-refractivity contribution in [2.75, 3.05) is 25.5 Å². The van der Waals surface area contributed by atoms with Gasteiger partial charge in [-0.3, -0.25) is 9.59 Å². The summed E-state index contributed by atoms with van der Waals surface area (Å²) in [6.45, 7) is 1.23. The standard InChI is InChI=1S/C10H14N4O4/c1-6-3-8(18-2)14-10(13-6)12-4-7(15)11-5-9(16)17/h3H,4-5H2,1-2H3,(H,11,15)(H,16,17)(H,12,13,14). The van der Waals surface area contributed by atoms with Crippen molar-refractivity contribution < 1.29 is 19.4 Å². The maximum atomic E-state index is 11.2. The van der Waals surface area contributed by atoms with E-state index in [0.717, 1.165) is 0 Å². The zero-order chi connectivity index (χ0) is 13.5. The first kappa shape index (κ1) is 13.7. The number of carbonyl (C=O) groups excluding carboxylic acids is 1. The van der Waals surface area contributed by atoms with Crippen molar-refractivity contribution in [3.8, 4) is 5.88 Å². The Morgan fingerprint density at radius 2 is 2.11 bits per heavy atom. The number of carboxylic acid groups (broad SMARTS) is 1. The molecule has 1 heterocycles. The third-order valence-electron chi connectivity index (χ3n) is 1.88. The minimum atomic E-state index is -1.10. The van der Waals surface area contributed by atoms with Crippen LogP contribution in [0.3, 0.4) is 0 Å². The first-order valence-corrected chi connectivity index (χ1v) is 5.13. The van der Waals surface area contributed by atoms with Gasteiger partial charge in [0.05, 0.1) is 13.7 Å². The number of nitrogens with one attached hydrogen (secondary N) is 2. The average Bonchev–Trinajstić information content (AvgIpc) is 2.33. The smallest absolute Gasteiger partial charge is 0.322 e. The summed E-state index contributed by atoms with van der Waals surface area (Å²) in [6, 6.07) is 1.65. The summed E-state index contributed by atoms with van der Waals surface area (Å²) in [4.78, 5) is 29.5. The Morgan fingerprint density at radius 3 is 2.72 bits per heavy atom. The second-order valence-electron chi connectivity index (χ2n) is 3.40. The zero-order valence-electron chi connectivity index (χ0n) is 10.1. The molecule has 18 heavy (non-hydrogen) atoms. The Kier molecular flexibility index (Phi) is 4.85. The first-order chi connectivity index (χ1) is 8.51. The van der Waals surface area contributed by atoms with E-state index in [9.17, 15) is 9.59 Å². The molecule has 0 saturated heterocycles. The van der Waals surface area contributed by atoms with Crippen LogP contribution in [0, 0.1) is 6.92 Å². The number of carboxylic acids is 1. The fourth-order valence-corrected chi connectivity index (χ4v) is 1.12. The molecular formula is C10H14N4O4. The lowest BCUT2D eigenvalue weighted by Crippen LogP contribution is -2.34. The molecule has 1 amide bonds. The van der Waals surface area contributed by atoms with Gasteiger partial charge < -0.3 is 20.5 Å². The van der Waals surface area contributed by atoms with Gasteiger partial charge in [-0.15, -0.1) is 0 Å². The summed E-state index contributed by atoms with van der Waals surface area (Å²) in [6.07, 6.45) is 0. The summed E-state index contributed by atoms with van der Waals surface area (Å²) >= 11 is 0. The highest BCUT2D eigenvalue weighted by atomic mass is 16.5. The minimum Gasteiger partial charge on any atom is -0.481 e. The van der Waals surface area contributed by atoms with E-state index >= 15 is 0 Å². The lowest BCUT2D eigenvalue weighted by molar-refractivity contribution is -0.137. The van der Waals surface area contributed by atoms with E-state index < -0.39 is 18.4 Å². The quantitative estimate of drug-likeness (QED) is 0.621. The number of hydrogen-bond acceptors (Lipinski definition) is 6. The topological polar surface area (TPSA) is 113 Å². The third-order valence-corrected chi connectivity index (χ3v) is 1.88. The molecule has 0 bridgehead atoms. The Morgan fingerprint density at radius 1 is 1.39 bits per heavy atom. The lowest BCUT2D eigenvalue weighted by Gasteiger charge is -2.07. The van der Waals surface area contributed by atoms with Crippen molar-refractivity contribution in [3.05, 3.63) is 11.8 Å². The van der Waals surface area contributed by atoms with Gasteiger partial charge in [0.1, 0.15) is 6.54 Å². The van der Waals surface area contributed by atoms with Crippen LogP contribution in [0.1, 0.15) is 5.69 Å². The molecule has 3 N–H and O–H groups in total. The van der Waals surface area contributed by atoms with Gasteiger partial charge in [0, 0.05) is 11.8 Å². The molecular weight excluding hydrogens is 240 g/mol. The maximum absolute atomic E-state index is 11.2. The fourth-order valence-electron chi connectivity index (χ4n) is 1.12. The molecule has 8 heteroatoms. The van der Waals surface area contributed by atoms with Crippen LogP contribution in [-0.2, 0) is 9.59 Å². The molecule has 1 aromatic rings. The molecule has 0 aliphatic carbocycles. The van der Waals surface area contributed by atoms with Crippen molar-refractivity contribution in [1.29, 1.82) is 0 Å². The van der Waals surface area contributed by atoms with Crippen molar-refractivity contribution in [2.24, 2.45) is 0 Å². The number of amides is 1. The van der Waals surface area contributed by atoms with Gasteiger partial charge in [-0.25, -0.2) is 4.98 Å². The molecule has 0 aliphatic heterocycles. The number of hydrogen-bond donors (Lipinski definition) is 3. The Balaban J connectivity index is 2.50. The zero-order valence-corrected chi connectivity index (χ0v) is 10.1. The Hall–Kier alpha value is -2.38. The van der Waals surface area contributed by atoms with Gasteiger partial charge in [-0.1, -0.05) is 0 Å². The summed E-state index contributed by atoms with van der Waals surface area (Å²) < 4.78 is 4.95. The molecule has 0 spiro atoms. The SMILES string of the molecule is COc1cc(C)nc(NCC(=O)NCC(=O)O)n1. The second-order valence-corrected chi connectivity index (χ2v) is 3.40. The van der Waals surface area contributed by atoms with E-state index in [1.54, 1.807) is 13.0 Å². The van der Waals surface area contributed by atoms with Crippen molar-refractivity contribution >= 4 is 17.8 Å². The van der Waals surface area contributed by atoms with Gasteiger partial charge in [-0.05, 0) is 6.92 Å². The van der Waals surface area contributed by atoms with E-state index in [1.165, 1.54) is 7.11 Å². The minimum absolute atomic E-state index is 0.111. The van der Waals surface area contributed by atoms with Crippen LogP contribution in [0.4, 0.5) is 5.95 Å². The molecule has 0 fully saturated rings. The summed E-state index contributed by atoms with van der Waals surface area (Å²) in [7, 11) is 1.48. The molecule has 0 aliphatic rings. The van der Waals surface area contributed by atoms with Gasteiger partial charge >= 0.3 is 5.97 Å². The molecule has 1 rings (SSSR count). The summed E-state index contributed by atoms with van der Waals surface area (Å²) in [5.74, 6) is -0.924. The van der Waals surface area contributed by atoms with E-state index in [2.05, 4.69) is 20.6 Å². The van der Waals surface area contributed by atoms with Gasteiger partial charge in [0.15, 0.2) is 0 Å².